The van der Waals surface area contributed by atoms with Crippen LogP contribution in [0.4, 0.5) is 10.9 Å². The molecule has 0 bridgehead atoms. The summed E-state index contributed by atoms with van der Waals surface area (Å²) in [5, 5.41) is 3.37. The summed E-state index contributed by atoms with van der Waals surface area (Å²) in [5.41, 5.74) is 4.50. The lowest BCUT2D eigenvalue weighted by molar-refractivity contribution is 0.102. The minimum absolute atomic E-state index is 0.240. The maximum absolute atomic E-state index is 12.3. The quantitative estimate of drug-likeness (QED) is 0.510. The molecule has 106 valence electrons. The van der Waals surface area contributed by atoms with Crippen LogP contribution in [0.15, 0.2) is 36.4 Å². The normalized spacial score (nSPS) is 10.6. The monoisotopic (exact) mass is 299 g/mol. The van der Waals surface area contributed by atoms with Gasteiger partial charge in [-0.2, -0.15) is 0 Å². The van der Waals surface area contributed by atoms with Crippen molar-refractivity contribution in [2.45, 2.75) is 6.92 Å². The van der Waals surface area contributed by atoms with E-state index in [1.165, 1.54) is 11.3 Å². The fourth-order valence-corrected chi connectivity index (χ4v) is 2.83. The van der Waals surface area contributed by atoms with E-state index in [1.807, 2.05) is 24.3 Å². The lowest BCUT2D eigenvalue weighted by Crippen LogP contribution is -2.15. The fraction of sp³-hybridized carbons (Fsp3) is 0.0714. The summed E-state index contributed by atoms with van der Waals surface area (Å²) in [7, 11) is 0. The summed E-state index contributed by atoms with van der Waals surface area (Å²) in [6.07, 6.45) is 0. The van der Waals surface area contributed by atoms with Gasteiger partial charge in [0, 0.05) is 11.3 Å². The predicted molar refractivity (Wildman–Crippen MR) is 84.4 cm³/mol. The number of benzene rings is 1. The van der Waals surface area contributed by atoms with Gasteiger partial charge >= 0.3 is 0 Å². The third-order valence-corrected chi connectivity index (χ3v) is 3.83. The number of rotatable bonds is 3. The van der Waals surface area contributed by atoms with E-state index in [1.54, 1.807) is 19.1 Å². The second-order valence-corrected chi connectivity index (χ2v) is 5.50. The second-order valence-electron chi connectivity index (χ2n) is 4.47. The Balaban J connectivity index is 1.87. The van der Waals surface area contributed by atoms with Crippen LogP contribution in [-0.2, 0) is 0 Å². The van der Waals surface area contributed by atoms with Crippen LogP contribution in [0.25, 0.3) is 10.2 Å². The van der Waals surface area contributed by atoms with Gasteiger partial charge in [-0.15, -0.1) is 0 Å². The van der Waals surface area contributed by atoms with Gasteiger partial charge in [0.25, 0.3) is 5.91 Å². The van der Waals surface area contributed by atoms with Crippen LogP contribution in [-0.4, -0.2) is 15.9 Å². The molecule has 2 aromatic heterocycles. The molecular weight excluding hydrogens is 286 g/mol. The van der Waals surface area contributed by atoms with Crippen molar-refractivity contribution in [2.24, 2.45) is 5.84 Å². The van der Waals surface area contributed by atoms with Crippen molar-refractivity contribution in [3.63, 3.8) is 0 Å². The first-order chi connectivity index (χ1) is 10.2. The van der Waals surface area contributed by atoms with E-state index in [2.05, 4.69) is 20.7 Å². The van der Waals surface area contributed by atoms with E-state index >= 15 is 0 Å². The van der Waals surface area contributed by atoms with E-state index < -0.39 is 0 Å². The van der Waals surface area contributed by atoms with Crippen LogP contribution in [0.2, 0.25) is 0 Å². The Hall–Kier alpha value is -2.51. The number of carbonyl (C=O) groups is 1. The van der Waals surface area contributed by atoms with Crippen LogP contribution in [0.3, 0.4) is 0 Å². The van der Waals surface area contributed by atoms with Crippen molar-refractivity contribution in [3.8, 4) is 0 Å². The third-order valence-electron chi connectivity index (χ3n) is 2.88. The summed E-state index contributed by atoms with van der Waals surface area (Å²) in [6, 6.07) is 11.0. The standard InChI is InChI=1S/C14H13N5OS/c1-8-6-9(7-12(16-8)19-15)13(20)18-14-17-10-4-2-3-5-11(10)21-14/h2-7H,15H2,1H3,(H,16,19)(H,17,18,20). The highest BCUT2D eigenvalue weighted by Gasteiger charge is 2.11. The molecule has 0 atom stereocenters. The highest BCUT2D eigenvalue weighted by molar-refractivity contribution is 7.22. The number of aromatic nitrogens is 2. The molecule has 3 rings (SSSR count). The molecule has 4 N–H and O–H groups in total. The van der Waals surface area contributed by atoms with Gasteiger partial charge in [-0.05, 0) is 31.2 Å². The molecule has 0 radical (unpaired) electrons. The molecule has 0 aliphatic rings. The van der Waals surface area contributed by atoms with Gasteiger partial charge in [-0.3, -0.25) is 10.1 Å². The second kappa shape index (κ2) is 5.47. The minimum Gasteiger partial charge on any atom is -0.308 e. The zero-order valence-electron chi connectivity index (χ0n) is 11.3. The number of amides is 1. The van der Waals surface area contributed by atoms with Gasteiger partial charge in [-0.25, -0.2) is 15.8 Å². The number of pyridine rings is 1. The fourth-order valence-electron chi connectivity index (χ4n) is 1.97. The summed E-state index contributed by atoms with van der Waals surface area (Å²) in [5.74, 6) is 5.55. The number of nitrogen functional groups attached to an aromatic ring is 1. The number of hydrazine groups is 1. The van der Waals surface area contributed by atoms with Crippen molar-refractivity contribution in [1.82, 2.24) is 9.97 Å². The Morgan fingerprint density at radius 2 is 2.05 bits per heavy atom. The summed E-state index contributed by atoms with van der Waals surface area (Å²) in [4.78, 5) is 20.8. The highest BCUT2D eigenvalue weighted by Crippen LogP contribution is 2.25. The smallest absolute Gasteiger partial charge is 0.257 e. The largest absolute Gasteiger partial charge is 0.308 e. The number of hydrogen-bond donors (Lipinski definition) is 3. The van der Waals surface area contributed by atoms with E-state index in [0.29, 0.717) is 22.2 Å². The molecule has 7 heteroatoms. The number of fused-ring (bicyclic) bond motifs is 1. The van der Waals surface area contributed by atoms with Gasteiger partial charge < -0.3 is 5.43 Å². The van der Waals surface area contributed by atoms with Crippen molar-refractivity contribution in [1.29, 1.82) is 0 Å². The van der Waals surface area contributed by atoms with Crippen molar-refractivity contribution >= 4 is 38.4 Å². The van der Waals surface area contributed by atoms with Gasteiger partial charge in [0.1, 0.15) is 5.82 Å². The Bertz CT molecular complexity index is 781. The molecule has 0 aliphatic heterocycles. The number of anilines is 2. The number of nitrogens with zero attached hydrogens (tertiary/aromatic N) is 2. The molecule has 0 aliphatic carbocycles. The molecule has 21 heavy (non-hydrogen) atoms. The maximum atomic E-state index is 12.3. The molecule has 0 saturated carbocycles. The lowest BCUT2D eigenvalue weighted by atomic mass is 10.2. The number of hydrogen-bond acceptors (Lipinski definition) is 6. The lowest BCUT2D eigenvalue weighted by Gasteiger charge is -2.05. The molecule has 0 fully saturated rings. The number of nitrogens with one attached hydrogen (secondary N) is 2. The molecule has 0 unspecified atom stereocenters. The van der Waals surface area contributed by atoms with Gasteiger partial charge in [0.15, 0.2) is 5.13 Å². The molecule has 1 amide bonds. The maximum Gasteiger partial charge on any atom is 0.257 e. The highest BCUT2D eigenvalue weighted by atomic mass is 32.1. The molecule has 6 nitrogen and oxygen atoms in total. The molecule has 0 spiro atoms. The number of thiazole rings is 1. The zero-order valence-corrected chi connectivity index (χ0v) is 12.1. The zero-order chi connectivity index (χ0) is 14.8. The first kappa shape index (κ1) is 13.5. The van der Waals surface area contributed by atoms with Crippen molar-refractivity contribution < 1.29 is 4.79 Å². The summed E-state index contributed by atoms with van der Waals surface area (Å²) < 4.78 is 1.03. The van der Waals surface area contributed by atoms with Crippen molar-refractivity contribution in [3.05, 3.63) is 47.7 Å². The Morgan fingerprint density at radius 1 is 1.24 bits per heavy atom. The SMILES string of the molecule is Cc1cc(C(=O)Nc2nc3ccccc3s2)cc(NN)n1. The van der Waals surface area contributed by atoms with E-state index in [0.717, 1.165) is 10.2 Å². The van der Waals surface area contributed by atoms with Gasteiger partial charge in [0.05, 0.1) is 10.2 Å². The Labute approximate surface area is 125 Å². The molecule has 3 aromatic rings. The third kappa shape index (κ3) is 2.83. The number of para-hydroxylation sites is 1. The van der Waals surface area contributed by atoms with Crippen molar-refractivity contribution in [2.75, 3.05) is 10.7 Å². The molecule has 2 heterocycles. The number of aryl methyl sites for hydroxylation is 1. The average Bonchev–Trinajstić information content (AvgIpc) is 2.88. The Kier molecular flexibility index (Phi) is 3.51. The van der Waals surface area contributed by atoms with Crippen LogP contribution >= 0.6 is 11.3 Å². The van der Waals surface area contributed by atoms with Crippen LogP contribution in [0.5, 0.6) is 0 Å². The number of nitrogens with two attached hydrogens (primary N) is 1. The average molecular weight is 299 g/mol. The van der Waals surface area contributed by atoms with Gasteiger partial charge in [-0.1, -0.05) is 23.5 Å². The van der Waals surface area contributed by atoms with E-state index in [-0.39, 0.29) is 5.91 Å². The van der Waals surface area contributed by atoms with E-state index in [4.69, 9.17) is 5.84 Å². The summed E-state index contributed by atoms with van der Waals surface area (Å²) in [6.45, 7) is 1.80. The minimum atomic E-state index is -0.240. The van der Waals surface area contributed by atoms with Crippen LogP contribution in [0, 0.1) is 6.92 Å². The number of carbonyl (C=O) groups excluding carboxylic acids is 1. The van der Waals surface area contributed by atoms with Crippen LogP contribution in [0.1, 0.15) is 16.1 Å². The van der Waals surface area contributed by atoms with Gasteiger partial charge in [0.2, 0.25) is 0 Å². The predicted octanol–water partition coefficient (Wildman–Crippen LogP) is 2.54. The first-order valence-electron chi connectivity index (χ1n) is 6.28. The van der Waals surface area contributed by atoms with E-state index in [9.17, 15) is 4.79 Å². The topological polar surface area (TPSA) is 92.9 Å². The first-order valence-corrected chi connectivity index (χ1v) is 7.09. The molecule has 0 saturated heterocycles. The van der Waals surface area contributed by atoms with Crippen LogP contribution < -0.4 is 16.6 Å². The summed E-state index contributed by atoms with van der Waals surface area (Å²) >= 11 is 1.44. The molecule has 1 aromatic carbocycles. The Morgan fingerprint density at radius 3 is 2.81 bits per heavy atom. The molecular formula is C14H13N5OS.